The Labute approximate surface area is 160 Å². The molecular formula is C17H18Cl2N3O4+. The van der Waals surface area contributed by atoms with E-state index in [2.05, 4.69) is 5.32 Å². The molecule has 2 aromatic carbocycles. The largest absolute Gasteiger partial charge is 0.494 e. The van der Waals surface area contributed by atoms with Gasteiger partial charge in [0.1, 0.15) is 12.3 Å². The van der Waals surface area contributed by atoms with Crippen LogP contribution in [0.3, 0.4) is 0 Å². The number of hydrogen-bond donors (Lipinski definition) is 2. The van der Waals surface area contributed by atoms with Crippen LogP contribution in [-0.2, 0) is 11.3 Å². The first-order chi connectivity index (χ1) is 12.3. The van der Waals surface area contributed by atoms with Crippen LogP contribution in [0.5, 0.6) is 5.75 Å². The predicted octanol–water partition coefficient (Wildman–Crippen LogP) is 2.56. The number of amides is 1. The molecule has 0 saturated carbocycles. The molecular weight excluding hydrogens is 381 g/mol. The third kappa shape index (κ3) is 5.08. The van der Waals surface area contributed by atoms with Gasteiger partial charge in [-0.25, -0.2) is 0 Å². The van der Waals surface area contributed by atoms with E-state index in [-0.39, 0.29) is 23.9 Å². The van der Waals surface area contributed by atoms with E-state index in [1.807, 2.05) is 13.1 Å². The van der Waals surface area contributed by atoms with Gasteiger partial charge in [0, 0.05) is 11.6 Å². The number of benzene rings is 2. The zero-order valence-corrected chi connectivity index (χ0v) is 15.7. The number of hydrogen-bond acceptors (Lipinski definition) is 4. The van der Waals surface area contributed by atoms with Crippen molar-refractivity contribution in [3.8, 4) is 5.75 Å². The molecule has 7 nitrogen and oxygen atoms in total. The molecule has 0 aliphatic rings. The van der Waals surface area contributed by atoms with Crippen molar-refractivity contribution in [2.24, 2.45) is 0 Å². The molecule has 0 heterocycles. The number of nitrogens with zero attached hydrogens (tertiary/aromatic N) is 1. The lowest BCUT2D eigenvalue weighted by Crippen LogP contribution is -3.08. The molecule has 0 aliphatic carbocycles. The Morgan fingerprint density at radius 1 is 1.31 bits per heavy atom. The molecule has 0 spiro atoms. The highest BCUT2D eigenvalue weighted by Gasteiger charge is 2.17. The summed E-state index contributed by atoms with van der Waals surface area (Å²) in [5.74, 6) is -0.0316. The molecule has 0 aliphatic heterocycles. The zero-order chi connectivity index (χ0) is 19.3. The second kappa shape index (κ2) is 8.84. The Bertz CT molecular complexity index is 830. The van der Waals surface area contributed by atoms with Gasteiger partial charge in [0.2, 0.25) is 0 Å². The summed E-state index contributed by atoms with van der Waals surface area (Å²) in [5.41, 5.74) is 1.10. The molecule has 1 unspecified atom stereocenters. The summed E-state index contributed by atoms with van der Waals surface area (Å²) in [7, 11) is 3.23. The van der Waals surface area contributed by atoms with Crippen molar-refractivity contribution in [1.82, 2.24) is 0 Å². The highest BCUT2D eigenvalue weighted by Crippen LogP contribution is 2.29. The third-order valence-corrected chi connectivity index (χ3v) is 4.51. The maximum atomic E-state index is 12.3. The van der Waals surface area contributed by atoms with Crippen molar-refractivity contribution in [2.75, 3.05) is 26.0 Å². The van der Waals surface area contributed by atoms with Crippen molar-refractivity contribution >= 4 is 40.5 Å². The van der Waals surface area contributed by atoms with Gasteiger partial charge in [0.15, 0.2) is 6.54 Å². The highest BCUT2D eigenvalue weighted by molar-refractivity contribution is 6.42. The van der Waals surface area contributed by atoms with Crippen molar-refractivity contribution in [3.05, 3.63) is 62.1 Å². The van der Waals surface area contributed by atoms with Gasteiger partial charge in [-0.1, -0.05) is 35.3 Å². The summed E-state index contributed by atoms with van der Waals surface area (Å²) < 4.78 is 5.11. The molecule has 1 atom stereocenters. The number of likely N-dealkylation sites (N-methyl/N-ethyl adjacent to an activating group) is 1. The van der Waals surface area contributed by atoms with E-state index in [1.165, 1.54) is 25.3 Å². The average molecular weight is 399 g/mol. The molecule has 2 aromatic rings. The first kappa shape index (κ1) is 20.0. The molecule has 1 amide bonds. The number of halogens is 2. The minimum Gasteiger partial charge on any atom is -0.494 e. The van der Waals surface area contributed by atoms with Gasteiger partial charge in [-0.3, -0.25) is 14.9 Å². The van der Waals surface area contributed by atoms with E-state index < -0.39 is 4.92 Å². The highest BCUT2D eigenvalue weighted by atomic mass is 35.5. The van der Waals surface area contributed by atoms with Gasteiger partial charge < -0.3 is 15.0 Å². The van der Waals surface area contributed by atoms with Gasteiger partial charge in [-0.15, -0.1) is 0 Å². The Kier molecular flexibility index (Phi) is 6.79. The predicted molar refractivity (Wildman–Crippen MR) is 100 cm³/mol. The van der Waals surface area contributed by atoms with Crippen LogP contribution < -0.4 is 15.0 Å². The Morgan fingerprint density at radius 3 is 2.69 bits per heavy atom. The van der Waals surface area contributed by atoms with Crippen LogP contribution in [0.25, 0.3) is 0 Å². The first-order valence-corrected chi connectivity index (χ1v) is 8.44. The Morgan fingerprint density at radius 2 is 2.04 bits per heavy atom. The number of non-ortho nitro benzene ring substituents is 1. The molecule has 2 rings (SSSR count). The number of ether oxygens (including phenoxy) is 1. The van der Waals surface area contributed by atoms with Gasteiger partial charge in [-0.2, -0.15) is 0 Å². The fourth-order valence-electron chi connectivity index (χ4n) is 2.44. The summed E-state index contributed by atoms with van der Waals surface area (Å²) in [6, 6.07) is 9.38. The Balaban J connectivity index is 2.02. The molecule has 26 heavy (non-hydrogen) atoms. The summed E-state index contributed by atoms with van der Waals surface area (Å²) >= 11 is 12.2. The maximum Gasteiger partial charge on any atom is 0.279 e. The van der Waals surface area contributed by atoms with Gasteiger partial charge in [0.05, 0.1) is 40.9 Å². The number of quaternary nitrogens is 1. The average Bonchev–Trinajstić information content (AvgIpc) is 2.59. The fraction of sp³-hybridized carbons (Fsp3) is 0.235. The minimum absolute atomic E-state index is 0.113. The first-order valence-electron chi connectivity index (χ1n) is 7.68. The third-order valence-electron chi connectivity index (χ3n) is 3.66. The number of nitro benzene ring substituents is 1. The van der Waals surface area contributed by atoms with E-state index in [4.69, 9.17) is 27.9 Å². The quantitative estimate of drug-likeness (QED) is 0.554. The van der Waals surface area contributed by atoms with Crippen molar-refractivity contribution in [3.63, 3.8) is 0 Å². The lowest BCUT2D eigenvalue weighted by atomic mass is 10.2. The van der Waals surface area contributed by atoms with Crippen LogP contribution in [0.2, 0.25) is 10.0 Å². The lowest BCUT2D eigenvalue weighted by Gasteiger charge is -2.16. The standard InChI is InChI=1S/C17H17Cl2N3O4/c1-21(9-11-4-3-5-13(18)17(11)19)10-16(23)20-14-7-6-12(22(24)25)8-15(14)26-2/h3-8H,9-10H2,1-2H3,(H,20,23)/p+1. The SMILES string of the molecule is COc1cc([N+](=O)[O-])ccc1NC(=O)C[NH+](C)Cc1cccc(Cl)c1Cl. The number of anilines is 1. The summed E-state index contributed by atoms with van der Waals surface area (Å²) in [6.45, 7) is 0.688. The zero-order valence-electron chi connectivity index (χ0n) is 14.2. The van der Waals surface area contributed by atoms with E-state index >= 15 is 0 Å². The summed E-state index contributed by atoms with van der Waals surface area (Å²) in [4.78, 5) is 23.5. The van der Waals surface area contributed by atoms with Gasteiger partial charge in [0.25, 0.3) is 11.6 Å². The number of nitro groups is 1. The molecule has 0 saturated heterocycles. The number of carbonyl (C=O) groups is 1. The van der Waals surface area contributed by atoms with Crippen LogP contribution in [-0.4, -0.2) is 31.5 Å². The van der Waals surface area contributed by atoms with E-state index in [0.29, 0.717) is 22.3 Å². The van der Waals surface area contributed by atoms with Crippen molar-refractivity contribution in [2.45, 2.75) is 6.54 Å². The number of rotatable bonds is 7. The molecule has 0 bridgehead atoms. The van der Waals surface area contributed by atoms with Crippen LogP contribution in [0, 0.1) is 10.1 Å². The van der Waals surface area contributed by atoms with Gasteiger partial charge >= 0.3 is 0 Å². The van der Waals surface area contributed by atoms with Crippen molar-refractivity contribution < 1.29 is 19.4 Å². The van der Waals surface area contributed by atoms with E-state index in [1.54, 1.807) is 12.1 Å². The van der Waals surface area contributed by atoms with Crippen LogP contribution >= 0.6 is 23.2 Å². The molecule has 2 N–H and O–H groups in total. The van der Waals surface area contributed by atoms with Crippen LogP contribution in [0.1, 0.15) is 5.56 Å². The normalized spacial score (nSPS) is 11.7. The second-order valence-corrected chi connectivity index (χ2v) is 6.50. The maximum absolute atomic E-state index is 12.3. The second-order valence-electron chi connectivity index (χ2n) is 5.71. The monoisotopic (exact) mass is 398 g/mol. The lowest BCUT2D eigenvalue weighted by molar-refractivity contribution is -0.885. The number of nitrogens with one attached hydrogen (secondary N) is 2. The van der Waals surface area contributed by atoms with E-state index in [0.717, 1.165) is 10.5 Å². The molecule has 138 valence electrons. The fourth-order valence-corrected chi connectivity index (χ4v) is 2.82. The summed E-state index contributed by atoms with van der Waals surface area (Å²) in [6.07, 6.45) is 0. The molecule has 0 aromatic heterocycles. The Hall–Kier alpha value is -2.35. The molecule has 0 fully saturated rings. The molecule has 9 heteroatoms. The van der Waals surface area contributed by atoms with Crippen LogP contribution in [0.4, 0.5) is 11.4 Å². The number of methoxy groups -OCH3 is 1. The topological polar surface area (TPSA) is 85.9 Å². The minimum atomic E-state index is -0.527. The van der Waals surface area contributed by atoms with Crippen molar-refractivity contribution in [1.29, 1.82) is 0 Å². The van der Waals surface area contributed by atoms with Gasteiger partial charge in [-0.05, 0) is 12.1 Å². The smallest absolute Gasteiger partial charge is 0.279 e. The van der Waals surface area contributed by atoms with Crippen LogP contribution in [0.15, 0.2) is 36.4 Å². The van der Waals surface area contributed by atoms with E-state index in [9.17, 15) is 14.9 Å². The summed E-state index contributed by atoms with van der Waals surface area (Å²) in [5, 5.41) is 14.5. The number of carbonyl (C=O) groups excluding carboxylic acids is 1. The molecule has 0 radical (unpaired) electrons.